The molecule has 1 aliphatic heterocycles. The Morgan fingerprint density at radius 2 is 2.14 bits per heavy atom. The monoisotopic (exact) mass is 193 g/mol. The van der Waals surface area contributed by atoms with Crippen LogP contribution in [0.1, 0.15) is 18.5 Å². The summed E-state index contributed by atoms with van der Waals surface area (Å²) in [5.74, 6) is 0. The number of piperidine rings is 1. The molecule has 3 nitrogen and oxygen atoms in total. The van der Waals surface area contributed by atoms with Crippen LogP contribution in [0.3, 0.4) is 0 Å². The second kappa shape index (κ2) is 4.15. The van der Waals surface area contributed by atoms with Gasteiger partial charge in [-0.05, 0) is 25.0 Å². The topological polar surface area (TPSA) is 34.2 Å². The highest BCUT2D eigenvalue weighted by Gasteiger charge is 2.16. The van der Waals surface area contributed by atoms with E-state index < -0.39 is 0 Å². The van der Waals surface area contributed by atoms with Crippen LogP contribution < -0.4 is 5.73 Å². The summed E-state index contributed by atoms with van der Waals surface area (Å²) in [5.41, 5.74) is 7.26. The van der Waals surface area contributed by atoms with Crippen molar-refractivity contribution in [1.29, 1.82) is 0 Å². The molecular weight excluding hydrogens is 174 g/mol. The summed E-state index contributed by atoms with van der Waals surface area (Å²) in [7, 11) is 2.10. The van der Waals surface area contributed by atoms with Crippen LogP contribution in [0.15, 0.2) is 18.3 Å². The van der Waals surface area contributed by atoms with Crippen molar-refractivity contribution in [2.24, 2.45) is 12.8 Å². The number of rotatable bonds is 2. The standard InChI is InChI=1S/C11H19N3/c1-13-6-2-3-11(13)9-14-7-4-10(12)5-8-14/h2-3,6,10H,4-5,7-9,12H2,1H3. The van der Waals surface area contributed by atoms with Crippen LogP contribution in [0, 0.1) is 0 Å². The van der Waals surface area contributed by atoms with E-state index in [2.05, 4.69) is 34.8 Å². The molecule has 0 aliphatic carbocycles. The fraction of sp³-hybridized carbons (Fsp3) is 0.636. The molecule has 1 aliphatic rings. The van der Waals surface area contributed by atoms with Crippen molar-refractivity contribution >= 4 is 0 Å². The van der Waals surface area contributed by atoms with Crippen molar-refractivity contribution in [2.45, 2.75) is 25.4 Å². The zero-order valence-electron chi connectivity index (χ0n) is 8.82. The highest BCUT2D eigenvalue weighted by Crippen LogP contribution is 2.12. The Bertz CT molecular complexity index is 284. The third-order valence-corrected chi connectivity index (χ3v) is 3.07. The lowest BCUT2D eigenvalue weighted by molar-refractivity contribution is 0.202. The Morgan fingerprint density at radius 3 is 2.71 bits per heavy atom. The van der Waals surface area contributed by atoms with Crippen molar-refractivity contribution in [3.05, 3.63) is 24.0 Å². The molecule has 0 saturated carbocycles. The normalized spacial score (nSPS) is 20.1. The van der Waals surface area contributed by atoms with Crippen LogP contribution in [0.2, 0.25) is 0 Å². The zero-order chi connectivity index (χ0) is 9.97. The van der Waals surface area contributed by atoms with Gasteiger partial charge in [-0.3, -0.25) is 4.90 Å². The molecule has 2 N–H and O–H groups in total. The van der Waals surface area contributed by atoms with E-state index in [4.69, 9.17) is 5.73 Å². The quantitative estimate of drug-likeness (QED) is 0.758. The third-order valence-electron chi connectivity index (χ3n) is 3.07. The van der Waals surface area contributed by atoms with E-state index in [-0.39, 0.29) is 0 Å². The van der Waals surface area contributed by atoms with Crippen molar-refractivity contribution in [2.75, 3.05) is 13.1 Å². The number of aromatic nitrogens is 1. The molecule has 1 aromatic rings. The molecule has 0 amide bonds. The Morgan fingerprint density at radius 1 is 1.43 bits per heavy atom. The summed E-state index contributed by atoms with van der Waals surface area (Å²) in [6.45, 7) is 3.36. The van der Waals surface area contributed by atoms with Crippen molar-refractivity contribution in [1.82, 2.24) is 9.47 Å². The van der Waals surface area contributed by atoms with Crippen LogP contribution >= 0.6 is 0 Å². The molecule has 0 aromatic carbocycles. The average molecular weight is 193 g/mol. The van der Waals surface area contributed by atoms with Gasteiger partial charge in [0.2, 0.25) is 0 Å². The molecule has 0 bridgehead atoms. The number of hydrogen-bond donors (Lipinski definition) is 1. The Kier molecular flexibility index (Phi) is 2.89. The second-order valence-corrected chi connectivity index (χ2v) is 4.22. The van der Waals surface area contributed by atoms with E-state index in [1.807, 2.05) is 0 Å². The van der Waals surface area contributed by atoms with Gasteiger partial charge in [0.05, 0.1) is 0 Å². The smallest absolute Gasteiger partial charge is 0.0387 e. The molecule has 0 spiro atoms. The van der Waals surface area contributed by atoms with Gasteiger partial charge in [-0.2, -0.15) is 0 Å². The predicted octanol–water partition coefficient (Wildman–Crippen LogP) is 0.948. The largest absolute Gasteiger partial charge is 0.353 e. The highest BCUT2D eigenvalue weighted by molar-refractivity contribution is 5.06. The molecule has 1 aromatic heterocycles. The molecule has 1 fully saturated rings. The first-order valence-corrected chi connectivity index (χ1v) is 5.34. The van der Waals surface area contributed by atoms with Crippen LogP contribution in [0.4, 0.5) is 0 Å². The van der Waals surface area contributed by atoms with E-state index >= 15 is 0 Å². The van der Waals surface area contributed by atoms with Gasteiger partial charge < -0.3 is 10.3 Å². The fourth-order valence-electron chi connectivity index (χ4n) is 2.00. The maximum atomic E-state index is 5.87. The summed E-state index contributed by atoms with van der Waals surface area (Å²) < 4.78 is 2.19. The summed E-state index contributed by atoms with van der Waals surface area (Å²) >= 11 is 0. The van der Waals surface area contributed by atoms with Gasteiger partial charge in [0.15, 0.2) is 0 Å². The summed E-state index contributed by atoms with van der Waals surface area (Å²) in [5, 5.41) is 0. The van der Waals surface area contributed by atoms with E-state index in [1.165, 1.54) is 5.69 Å². The van der Waals surface area contributed by atoms with Gasteiger partial charge in [0.25, 0.3) is 0 Å². The molecule has 2 heterocycles. The van der Waals surface area contributed by atoms with Gasteiger partial charge in [-0.25, -0.2) is 0 Å². The third kappa shape index (κ3) is 2.16. The maximum absolute atomic E-state index is 5.87. The van der Waals surface area contributed by atoms with Gasteiger partial charge >= 0.3 is 0 Å². The summed E-state index contributed by atoms with van der Waals surface area (Å²) in [6.07, 6.45) is 4.39. The molecule has 14 heavy (non-hydrogen) atoms. The number of nitrogens with two attached hydrogens (primary N) is 1. The molecule has 0 radical (unpaired) electrons. The van der Waals surface area contributed by atoms with Crippen LogP contribution in [-0.4, -0.2) is 28.6 Å². The van der Waals surface area contributed by atoms with Crippen LogP contribution in [0.25, 0.3) is 0 Å². The lowest BCUT2D eigenvalue weighted by Crippen LogP contribution is -2.39. The Balaban J connectivity index is 1.89. The van der Waals surface area contributed by atoms with Crippen LogP contribution in [-0.2, 0) is 13.6 Å². The van der Waals surface area contributed by atoms with Gasteiger partial charge in [-0.15, -0.1) is 0 Å². The summed E-state index contributed by atoms with van der Waals surface area (Å²) in [4.78, 5) is 2.48. The van der Waals surface area contributed by atoms with Crippen molar-refractivity contribution in [3.63, 3.8) is 0 Å². The van der Waals surface area contributed by atoms with E-state index in [0.29, 0.717) is 6.04 Å². The Labute approximate surface area is 85.5 Å². The van der Waals surface area contributed by atoms with E-state index in [0.717, 1.165) is 32.5 Å². The van der Waals surface area contributed by atoms with E-state index in [1.54, 1.807) is 0 Å². The predicted molar refractivity (Wildman–Crippen MR) is 57.9 cm³/mol. The Hall–Kier alpha value is -0.800. The van der Waals surface area contributed by atoms with Crippen molar-refractivity contribution in [3.8, 4) is 0 Å². The number of nitrogens with zero attached hydrogens (tertiary/aromatic N) is 2. The maximum Gasteiger partial charge on any atom is 0.0387 e. The molecule has 1 saturated heterocycles. The number of hydrogen-bond acceptors (Lipinski definition) is 2. The fourth-order valence-corrected chi connectivity index (χ4v) is 2.00. The number of likely N-dealkylation sites (tertiary alicyclic amines) is 1. The molecule has 0 unspecified atom stereocenters. The second-order valence-electron chi connectivity index (χ2n) is 4.22. The SMILES string of the molecule is Cn1cccc1CN1CCC(N)CC1. The minimum atomic E-state index is 0.430. The lowest BCUT2D eigenvalue weighted by Gasteiger charge is -2.30. The molecule has 0 atom stereocenters. The number of aryl methyl sites for hydroxylation is 1. The average Bonchev–Trinajstić information content (AvgIpc) is 2.56. The highest BCUT2D eigenvalue weighted by atomic mass is 15.1. The van der Waals surface area contributed by atoms with E-state index in [9.17, 15) is 0 Å². The molecular formula is C11H19N3. The van der Waals surface area contributed by atoms with Gasteiger partial charge in [-0.1, -0.05) is 0 Å². The summed E-state index contributed by atoms with van der Waals surface area (Å²) in [6, 6.07) is 4.72. The lowest BCUT2D eigenvalue weighted by atomic mass is 10.1. The molecule has 78 valence electrons. The van der Waals surface area contributed by atoms with Crippen molar-refractivity contribution < 1.29 is 0 Å². The van der Waals surface area contributed by atoms with Gasteiger partial charge in [0.1, 0.15) is 0 Å². The zero-order valence-corrected chi connectivity index (χ0v) is 8.82. The minimum absolute atomic E-state index is 0.430. The first-order valence-electron chi connectivity index (χ1n) is 5.34. The van der Waals surface area contributed by atoms with Gasteiger partial charge in [0, 0.05) is 44.6 Å². The first-order chi connectivity index (χ1) is 6.75. The van der Waals surface area contributed by atoms with Crippen LogP contribution in [0.5, 0.6) is 0 Å². The minimum Gasteiger partial charge on any atom is -0.353 e. The molecule has 3 heteroatoms. The molecule has 2 rings (SSSR count). The first kappa shape index (κ1) is 9.74.